The van der Waals surface area contributed by atoms with E-state index >= 15 is 0 Å². The second kappa shape index (κ2) is 7.72. The van der Waals surface area contributed by atoms with Gasteiger partial charge in [-0.1, -0.05) is 26.5 Å². The van der Waals surface area contributed by atoms with Crippen LogP contribution in [0.4, 0.5) is 0 Å². The Morgan fingerprint density at radius 1 is 1.39 bits per heavy atom. The molecule has 0 fully saturated rings. The molecule has 1 aromatic rings. The molecule has 0 bridgehead atoms. The summed E-state index contributed by atoms with van der Waals surface area (Å²) in [7, 11) is 0. The molecule has 0 atom stereocenters. The molecular formula is C15H26N2S. The molecule has 0 aromatic carbocycles. The van der Waals surface area contributed by atoms with Gasteiger partial charge in [-0.05, 0) is 30.9 Å². The van der Waals surface area contributed by atoms with Gasteiger partial charge in [0.2, 0.25) is 0 Å². The second-order valence-electron chi connectivity index (χ2n) is 5.36. The standard InChI is InChI=1S/C15H26N2S/c1-12(2)16-9-14(5)10-17(13(3)4)11-15-7-6-8-18-15/h6-8,12-13,16H,5,9-11H2,1-4H3. The van der Waals surface area contributed by atoms with E-state index in [0.29, 0.717) is 12.1 Å². The van der Waals surface area contributed by atoms with Gasteiger partial charge in [-0.15, -0.1) is 11.3 Å². The molecule has 2 nitrogen and oxygen atoms in total. The highest BCUT2D eigenvalue weighted by atomic mass is 32.1. The summed E-state index contributed by atoms with van der Waals surface area (Å²) in [6.07, 6.45) is 0. The van der Waals surface area contributed by atoms with E-state index in [1.807, 2.05) is 11.3 Å². The lowest BCUT2D eigenvalue weighted by Gasteiger charge is -2.27. The molecule has 0 unspecified atom stereocenters. The predicted octanol–water partition coefficient (Wildman–Crippen LogP) is 3.51. The minimum Gasteiger partial charge on any atom is -0.311 e. The van der Waals surface area contributed by atoms with Gasteiger partial charge in [0, 0.05) is 36.6 Å². The third-order valence-electron chi connectivity index (χ3n) is 2.86. The Labute approximate surface area is 116 Å². The first-order valence-corrected chi connectivity index (χ1v) is 7.53. The Morgan fingerprint density at radius 3 is 2.61 bits per heavy atom. The highest BCUT2D eigenvalue weighted by Gasteiger charge is 2.12. The summed E-state index contributed by atoms with van der Waals surface area (Å²) in [6.45, 7) is 15.9. The van der Waals surface area contributed by atoms with Crippen LogP contribution in [0.2, 0.25) is 0 Å². The van der Waals surface area contributed by atoms with E-state index in [1.54, 1.807) is 0 Å². The van der Waals surface area contributed by atoms with Crippen LogP contribution in [0.5, 0.6) is 0 Å². The number of nitrogens with zero attached hydrogens (tertiary/aromatic N) is 1. The molecule has 18 heavy (non-hydrogen) atoms. The maximum atomic E-state index is 4.18. The van der Waals surface area contributed by atoms with Crippen LogP contribution in [0, 0.1) is 0 Å². The monoisotopic (exact) mass is 266 g/mol. The van der Waals surface area contributed by atoms with E-state index in [9.17, 15) is 0 Å². The van der Waals surface area contributed by atoms with Crippen LogP contribution >= 0.6 is 11.3 Å². The van der Waals surface area contributed by atoms with Crippen molar-refractivity contribution in [3.8, 4) is 0 Å². The fourth-order valence-corrected chi connectivity index (χ4v) is 2.44. The summed E-state index contributed by atoms with van der Waals surface area (Å²) in [5, 5.41) is 5.57. The predicted molar refractivity (Wildman–Crippen MR) is 82.1 cm³/mol. The van der Waals surface area contributed by atoms with Gasteiger partial charge in [0.1, 0.15) is 0 Å². The number of thiophene rings is 1. The van der Waals surface area contributed by atoms with Crippen LogP contribution < -0.4 is 5.32 Å². The topological polar surface area (TPSA) is 15.3 Å². The summed E-state index contributed by atoms with van der Waals surface area (Å²) >= 11 is 1.83. The number of hydrogen-bond acceptors (Lipinski definition) is 3. The molecule has 0 aliphatic rings. The van der Waals surface area contributed by atoms with Crippen molar-refractivity contribution < 1.29 is 0 Å². The Balaban J connectivity index is 2.45. The van der Waals surface area contributed by atoms with Gasteiger partial charge in [-0.2, -0.15) is 0 Å². The van der Waals surface area contributed by atoms with Crippen molar-refractivity contribution in [2.24, 2.45) is 0 Å². The van der Waals surface area contributed by atoms with Crippen LogP contribution in [0.15, 0.2) is 29.7 Å². The molecule has 0 spiro atoms. The summed E-state index contributed by atoms with van der Waals surface area (Å²) in [5.74, 6) is 0. The van der Waals surface area contributed by atoms with Gasteiger partial charge in [-0.3, -0.25) is 4.90 Å². The highest BCUT2D eigenvalue weighted by molar-refractivity contribution is 7.09. The minimum absolute atomic E-state index is 0.520. The lowest BCUT2D eigenvalue weighted by atomic mass is 10.2. The van der Waals surface area contributed by atoms with Crippen molar-refractivity contribution >= 4 is 11.3 Å². The first-order valence-electron chi connectivity index (χ1n) is 6.65. The summed E-state index contributed by atoms with van der Waals surface area (Å²) in [5.41, 5.74) is 1.26. The zero-order chi connectivity index (χ0) is 13.5. The van der Waals surface area contributed by atoms with Gasteiger partial charge in [-0.25, -0.2) is 0 Å². The van der Waals surface area contributed by atoms with Crippen molar-refractivity contribution in [2.45, 2.75) is 46.3 Å². The quantitative estimate of drug-likeness (QED) is 0.724. The molecule has 1 aromatic heterocycles. The molecule has 0 saturated heterocycles. The Morgan fingerprint density at radius 2 is 2.11 bits per heavy atom. The zero-order valence-corrected chi connectivity index (χ0v) is 12.9. The molecule has 0 radical (unpaired) electrons. The number of nitrogens with one attached hydrogen (secondary N) is 1. The fourth-order valence-electron chi connectivity index (χ4n) is 1.72. The number of rotatable bonds is 8. The molecule has 0 saturated carbocycles. The molecule has 3 heteroatoms. The molecule has 1 heterocycles. The van der Waals surface area contributed by atoms with E-state index in [-0.39, 0.29) is 0 Å². The van der Waals surface area contributed by atoms with Crippen molar-refractivity contribution in [2.75, 3.05) is 13.1 Å². The summed E-state index contributed by atoms with van der Waals surface area (Å²) < 4.78 is 0. The largest absolute Gasteiger partial charge is 0.311 e. The summed E-state index contributed by atoms with van der Waals surface area (Å²) in [6, 6.07) is 5.39. The first kappa shape index (κ1) is 15.4. The van der Waals surface area contributed by atoms with Crippen molar-refractivity contribution in [3.63, 3.8) is 0 Å². The van der Waals surface area contributed by atoms with Crippen LogP contribution in [0.3, 0.4) is 0 Å². The van der Waals surface area contributed by atoms with E-state index in [1.165, 1.54) is 10.5 Å². The molecule has 0 aliphatic carbocycles. The van der Waals surface area contributed by atoms with Gasteiger partial charge in [0.25, 0.3) is 0 Å². The first-order chi connectivity index (χ1) is 8.49. The Kier molecular flexibility index (Phi) is 6.61. The average Bonchev–Trinajstić information content (AvgIpc) is 2.78. The fraction of sp³-hybridized carbons (Fsp3) is 0.600. The van der Waals surface area contributed by atoms with Gasteiger partial charge < -0.3 is 5.32 Å². The van der Waals surface area contributed by atoms with Gasteiger partial charge >= 0.3 is 0 Å². The smallest absolute Gasteiger partial charge is 0.0334 e. The lowest BCUT2D eigenvalue weighted by molar-refractivity contribution is 0.232. The van der Waals surface area contributed by atoms with E-state index < -0.39 is 0 Å². The molecule has 1 N–H and O–H groups in total. The van der Waals surface area contributed by atoms with Crippen LogP contribution in [0.25, 0.3) is 0 Å². The Bertz CT molecular complexity index is 341. The number of hydrogen-bond donors (Lipinski definition) is 1. The maximum absolute atomic E-state index is 4.18. The molecule has 1 rings (SSSR count). The third-order valence-corrected chi connectivity index (χ3v) is 3.72. The SMILES string of the molecule is C=C(CNC(C)C)CN(Cc1cccs1)C(C)C. The van der Waals surface area contributed by atoms with Crippen molar-refractivity contribution in [1.29, 1.82) is 0 Å². The van der Waals surface area contributed by atoms with Gasteiger partial charge in [0.15, 0.2) is 0 Å². The normalized spacial score (nSPS) is 11.7. The van der Waals surface area contributed by atoms with Gasteiger partial charge in [0.05, 0.1) is 0 Å². The summed E-state index contributed by atoms with van der Waals surface area (Å²) in [4.78, 5) is 3.89. The molecule has 0 amide bonds. The van der Waals surface area contributed by atoms with Crippen molar-refractivity contribution in [1.82, 2.24) is 10.2 Å². The highest BCUT2D eigenvalue weighted by Crippen LogP contribution is 2.14. The van der Waals surface area contributed by atoms with E-state index in [4.69, 9.17) is 0 Å². The second-order valence-corrected chi connectivity index (χ2v) is 6.40. The Hall–Kier alpha value is -0.640. The van der Waals surface area contributed by atoms with E-state index in [0.717, 1.165) is 19.6 Å². The van der Waals surface area contributed by atoms with Crippen molar-refractivity contribution in [3.05, 3.63) is 34.5 Å². The molecular weight excluding hydrogens is 240 g/mol. The van der Waals surface area contributed by atoms with Crippen LogP contribution in [0.1, 0.15) is 32.6 Å². The van der Waals surface area contributed by atoms with Crippen LogP contribution in [-0.4, -0.2) is 30.1 Å². The van der Waals surface area contributed by atoms with E-state index in [2.05, 4.69) is 62.0 Å². The lowest BCUT2D eigenvalue weighted by Crippen LogP contribution is -2.35. The third kappa shape index (κ3) is 5.80. The molecule has 0 aliphatic heterocycles. The minimum atomic E-state index is 0.520. The maximum Gasteiger partial charge on any atom is 0.0334 e. The van der Waals surface area contributed by atoms with Crippen LogP contribution in [-0.2, 0) is 6.54 Å². The average molecular weight is 266 g/mol. The molecule has 102 valence electrons. The zero-order valence-electron chi connectivity index (χ0n) is 12.1.